The van der Waals surface area contributed by atoms with Crippen LogP contribution in [0, 0.1) is 0 Å². The molecule has 0 aromatic carbocycles. The van der Waals surface area contributed by atoms with Crippen LogP contribution in [-0.2, 0) is 0 Å². The SMILES string of the molecule is CCSC1CCC(Nc2nc(N)nc(OC)n2)C1. The van der Waals surface area contributed by atoms with Gasteiger partial charge in [-0.15, -0.1) is 0 Å². The quantitative estimate of drug-likeness (QED) is 0.838. The average molecular weight is 269 g/mol. The van der Waals surface area contributed by atoms with Gasteiger partial charge in [-0.05, 0) is 25.0 Å². The molecule has 1 saturated carbocycles. The van der Waals surface area contributed by atoms with E-state index in [1.165, 1.54) is 19.3 Å². The van der Waals surface area contributed by atoms with Crippen molar-refractivity contribution in [3.63, 3.8) is 0 Å². The highest BCUT2D eigenvalue weighted by Gasteiger charge is 2.25. The summed E-state index contributed by atoms with van der Waals surface area (Å²) in [7, 11) is 1.52. The van der Waals surface area contributed by atoms with Crippen molar-refractivity contribution in [2.75, 3.05) is 23.9 Å². The van der Waals surface area contributed by atoms with Crippen molar-refractivity contribution < 1.29 is 4.74 Å². The van der Waals surface area contributed by atoms with Gasteiger partial charge in [0.1, 0.15) is 0 Å². The number of hydrogen-bond acceptors (Lipinski definition) is 7. The van der Waals surface area contributed by atoms with Gasteiger partial charge in [0.05, 0.1) is 7.11 Å². The van der Waals surface area contributed by atoms with Crippen LogP contribution in [0.3, 0.4) is 0 Å². The third-order valence-electron chi connectivity index (χ3n) is 2.93. The molecule has 0 radical (unpaired) electrons. The van der Waals surface area contributed by atoms with Gasteiger partial charge in [0, 0.05) is 11.3 Å². The number of anilines is 2. The molecule has 0 aliphatic heterocycles. The molecule has 0 saturated heterocycles. The predicted octanol–water partition coefficient (Wildman–Crippen LogP) is 1.55. The molecule has 3 N–H and O–H groups in total. The third-order valence-corrected chi connectivity index (χ3v) is 4.17. The number of nitrogen functional groups attached to an aromatic ring is 1. The summed E-state index contributed by atoms with van der Waals surface area (Å²) in [4.78, 5) is 12.1. The number of rotatable bonds is 5. The third kappa shape index (κ3) is 3.38. The van der Waals surface area contributed by atoms with Crippen LogP contribution in [0.5, 0.6) is 6.01 Å². The van der Waals surface area contributed by atoms with E-state index in [-0.39, 0.29) is 12.0 Å². The highest BCUT2D eigenvalue weighted by Crippen LogP contribution is 2.31. The van der Waals surface area contributed by atoms with Crippen LogP contribution < -0.4 is 15.8 Å². The summed E-state index contributed by atoms with van der Waals surface area (Å²) >= 11 is 2.02. The molecule has 1 aromatic heterocycles. The van der Waals surface area contributed by atoms with Crippen LogP contribution in [-0.4, -0.2) is 39.1 Å². The van der Waals surface area contributed by atoms with Crippen molar-refractivity contribution in [2.24, 2.45) is 0 Å². The number of methoxy groups -OCH3 is 1. The summed E-state index contributed by atoms with van der Waals surface area (Å²) in [5, 5.41) is 4.05. The van der Waals surface area contributed by atoms with Crippen LogP contribution in [0.1, 0.15) is 26.2 Å². The normalized spacial score (nSPS) is 23.0. The summed E-state index contributed by atoms with van der Waals surface area (Å²) in [6.07, 6.45) is 3.53. The van der Waals surface area contributed by atoms with Crippen molar-refractivity contribution in [3.05, 3.63) is 0 Å². The van der Waals surface area contributed by atoms with E-state index in [0.29, 0.717) is 12.0 Å². The van der Waals surface area contributed by atoms with E-state index in [9.17, 15) is 0 Å². The second-order valence-electron chi connectivity index (χ2n) is 4.24. The first kappa shape index (κ1) is 13.2. The zero-order valence-electron chi connectivity index (χ0n) is 10.7. The number of nitrogens with one attached hydrogen (secondary N) is 1. The highest BCUT2D eigenvalue weighted by atomic mass is 32.2. The number of thioether (sulfide) groups is 1. The molecule has 2 unspecified atom stereocenters. The molecule has 7 heteroatoms. The molecule has 1 aliphatic carbocycles. The monoisotopic (exact) mass is 269 g/mol. The molecule has 0 bridgehead atoms. The van der Waals surface area contributed by atoms with Crippen LogP contribution >= 0.6 is 11.8 Å². The second kappa shape index (κ2) is 6.08. The van der Waals surface area contributed by atoms with Gasteiger partial charge < -0.3 is 15.8 Å². The average Bonchev–Trinajstić information content (AvgIpc) is 2.76. The van der Waals surface area contributed by atoms with E-state index >= 15 is 0 Å². The molecule has 2 rings (SSSR count). The Balaban J connectivity index is 1.95. The molecule has 0 amide bonds. The van der Waals surface area contributed by atoms with Gasteiger partial charge in [-0.1, -0.05) is 6.92 Å². The number of ether oxygens (including phenoxy) is 1. The molecule has 1 aromatic rings. The van der Waals surface area contributed by atoms with Gasteiger partial charge in [0.2, 0.25) is 11.9 Å². The van der Waals surface area contributed by atoms with E-state index < -0.39 is 0 Å². The Morgan fingerprint density at radius 2 is 2.22 bits per heavy atom. The first-order chi connectivity index (χ1) is 8.71. The predicted molar refractivity (Wildman–Crippen MR) is 74.0 cm³/mol. The zero-order valence-corrected chi connectivity index (χ0v) is 11.5. The Kier molecular flexibility index (Phi) is 4.46. The Hall–Kier alpha value is -1.24. The summed E-state index contributed by atoms with van der Waals surface area (Å²) in [6, 6.07) is 0.669. The summed E-state index contributed by atoms with van der Waals surface area (Å²) < 4.78 is 4.97. The molecule has 0 spiro atoms. The number of nitrogens with zero attached hydrogens (tertiary/aromatic N) is 3. The fourth-order valence-corrected chi connectivity index (χ4v) is 3.31. The fraction of sp³-hybridized carbons (Fsp3) is 0.727. The van der Waals surface area contributed by atoms with Crippen molar-refractivity contribution in [3.8, 4) is 6.01 Å². The number of hydrogen-bond donors (Lipinski definition) is 2. The number of aromatic nitrogens is 3. The maximum absolute atomic E-state index is 5.60. The first-order valence-electron chi connectivity index (χ1n) is 6.15. The standard InChI is InChI=1S/C11H19N5OS/c1-3-18-8-5-4-7(6-8)13-10-14-9(12)15-11(16-10)17-2/h7-8H,3-6H2,1-2H3,(H3,12,13,14,15,16). The molecule has 1 fully saturated rings. The maximum atomic E-state index is 5.60. The lowest BCUT2D eigenvalue weighted by Crippen LogP contribution is -2.19. The molecular formula is C11H19N5OS. The van der Waals surface area contributed by atoms with E-state index in [2.05, 4.69) is 27.2 Å². The van der Waals surface area contributed by atoms with Crippen LogP contribution in [0.15, 0.2) is 0 Å². The van der Waals surface area contributed by atoms with Gasteiger partial charge >= 0.3 is 6.01 Å². The van der Waals surface area contributed by atoms with Crippen LogP contribution in [0.2, 0.25) is 0 Å². The number of nitrogens with two attached hydrogens (primary N) is 1. The minimum atomic E-state index is 0.182. The minimum Gasteiger partial charge on any atom is -0.467 e. The lowest BCUT2D eigenvalue weighted by atomic mass is 10.2. The summed E-state index contributed by atoms with van der Waals surface area (Å²) in [5.41, 5.74) is 5.60. The second-order valence-corrected chi connectivity index (χ2v) is 5.81. The topological polar surface area (TPSA) is 86.0 Å². The summed E-state index contributed by atoms with van der Waals surface area (Å²) in [5.74, 6) is 1.86. The Bertz CT molecular complexity index is 403. The van der Waals surface area contributed by atoms with Crippen LogP contribution in [0.25, 0.3) is 0 Å². The first-order valence-corrected chi connectivity index (χ1v) is 7.19. The van der Waals surface area contributed by atoms with Crippen molar-refractivity contribution >= 4 is 23.7 Å². The minimum absolute atomic E-state index is 0.182. The van der Waals surface area contributed by atoms with E-state index in [1.807, 2.05) is 11.8 Å². The van der Waals surface area contributed by atoms with E-state index in [4.69, 9.17) is 10.5 Å². The largest absolute Gasteiger partial charge is 0.467 e. The lowest BCUT2D eigenvalue weighted by molar-refractivity contribution is 0.379. The molecule has 100 valence electrons. The van der Waals surface area contributed by atoms with Crippen molar-refractivity contribution in [1.29, 1.82) is 0 Å². The Morgan fingerprint density at radius 1 is 1.39 bits per heavy atom. The van der Waals surface area contributed by atoms with E-state index in [0.717, 1.165) is 18.1 Å². The molecule has 1 heterocycles. The van der Waals surface area contributed by atoms with Crippen molar-refractivity contribution in [1.82, 2.24) is 15.0 Å². The highest BCUT2D eigenvalue weighted by molar-refractivity contribution is 7.99. The molecular weight excluding hydrogens is 250 g/mol. The van der Waals surface area contributed by atoms with Crippen LogP contribution in [0.4, 0.5) is 11.9 Å². The zero-order chi connectivity index (χ0) is 13.0. The molecule has 18 heavy (non-hydrogen) atoms. The Labute approximate surface area is 111 Å². The summed E-state index contributed by atoms with van der Waals surface area (Å²) in [6.45, 7) is 2.20. The van der Waals surface area contributed by atoms with Gasteiger partial charge in [-0.25, -0.2) is 0 Å². The van der Waals surface area contributed by atoms with Gasteiger partial charge in [0.25, 0.3) is 0 Å². The van der Waals surface area contributed by atoms with Gasteiger partial charge in [-0.3, -0.25) is 0 Å². The maximum Gasteiger partial charge on any atom is 0.322 e. The Morgan fingerprint density at radius 3 is 2.94 bits per heavy atom. The van der Waals surface area contributed by atoms with Crippen molar-refractivity contribution in [2.45, 2.75) is 37.5 Å². The molecule has 6 nitrogen and oxygen atoms in total. The lowest BCUT2D eigenvalue weighted by Gasteiger charge is -2.13. The smallest absolute Gasteiger partial charge is 0.322 e. The van der Waals surface area contributed by atoms with Gasteiger partial charge in [0.15, 0.2) is 0 Å². The van der Waals surface area contributed by atoms with Gasteiger partial charge in [-0.2, -0.15) is 26.7 Å². The fourth-order valence-electron chi connectivity index (χ4n) is 2.17. The molecule has 1 aliphatic rings. The van der Waals surface area contributed by atoms with E-state index in [1.54, 1.807) is 0 Å². The molecule has 2 atom stereocenters.